The first-order chi connectivity index (χ1) is 12.7. The minimum atomic E-state index is -0.0106. The predicted octanol–water partition coefficient (Wildman–Crippen LogP) is 3.32. The summed E-state index contributed by atoms with van der Waals surface area (Å²) in [6, 6.07) is 19.9. The molecule has 1 aliphatic rings. The van der Waals surface area contributed by atoms with Crippen LogP contribution in [0.4, 0.5) is 0 Å². The largest absolute Gasteiger partial charge is 0.378 e. The van der Waals surface area contributed by atoms with Gasteiger partial charge in [-0.2, -0.15) is 5.10 Å². The van der Waals surface area contributed by atoms with Crippen LogP contribution < -0.4 is 0 Å². The Morgan fingerprint density at radius 3 is 2.38 bits per heavy atom. The zero-order valence-electron chi connectivity index (χ0n) is 14.8. The first-order valence-electron chi connectivity index (χ1n) is 8.82. The Kier molecular flexibility index (Phi) is 4.54. The summed E-state index contributed by atoms with van der Waals surface area (Å²) in [6.07, 6.45) is 0. The summed E-state index contributed by atoms with van der Waals surface area (Å²) in [4.78, 5) is 14.9. The van der Waals surface area contributed by atoms with Crippen LogP contribution in [-0.4, -0.2) is 46.9 Å². The number of carbonyl (C=O) groups excluding carboxylic acids is 1. The van der Waals surface area contributed by atoms with Crippen LogP contribution in [0.25, 0.3) is 16.9 Å². The van der Waals surface area contributed by atoms with E-state index in [9.17, 15) is 4.79 Å². The second-order valence-corrected chi connectivity index (χ2v) is 6.43. The monoisotopic (exact) mass is 347 g/mol. The van der Waals surface area contributed by atoms with Gasteiger partial charge in [0.25, 0.3) is 5.91 Å². The van der Waals surface area contributed by atoms with Gasteiger partial charge in [0.1, 0.15) is 5.69 Å². The Labute approximate surface area is 152 Å². The smallest absolute Gasteiger partial charge is 0.272 e. The zero-order chi connectivity index (χ0) is 17.9. The molecule has 0 spiro atoms. The molecule has 0 atom stereocenters. The Morgan fingerprint density at radius 1 is 1.00 bits per heavy atom. The average molecular weight is 347 g/mol. The van der Waals surface area contributed by atoms with Gasteiger partial charge in [-0.25, -0.2) is 4.68 Å². The molecule has 5 heteroatoms. The molecule has 1 saturated heterocycles. The third-order valence-electron chi connectivity index (χ3n) is 4.57. The Hall–Kier alpha value is -2.92. The molecule has 26 heavy (non-hydrogen) atoms. The van der Waals surface area contributed by atoms with Crippen molar-refractivity contribution in [3.8, 4) is 16.9 Å². The molecular formula is C21H21N3O2. The van der Waals surface area contributed by atoms with Gasteiger partial charge in [0.2, 0.25) is 0 Å². The molecule has 1 aliphatic heterocycles. The number of hydrogen-bond donors (Lipinski definition) is 0. The van der Waals surface area contributed by atoms with Gasteiger partial charge in [-0.1, -0.05) is 48.0 Å². The highest BCUT2D eigenvalue weighted by molar-refractivity contribution is 5.94. The lowest BCUT2D eigenvalue weighted by Crippen LogP contribution is -2.41. The molecule has 1 amide bonds. The third-order valence-corrected chi connectivity index (χ3v) is 4.57. The summed E-state index contributed by atoms with van der Waals surface area (Å²) in [5, 5.41) is 4.73. The van der Waals surface area contributed by atoms with Crippen LogP contribution in [0.2, 0.25) is 0 Å². The third kappa shape index (κ3) is 3.26. The van der Waals surface area contributed by atoms with Gasteiger partial charge in [0.05, 0.1) is 24.6 Å². The van der Waals surface area contributed by atoms with E-state index in [1.807, 2.05) is 72.5 Å². The van der Waals surface area contributed by atoms with Crippen molar-refractivity contribution >= 4 is 5.91 Å². The molecule has 3 aromatic rings. The number of ether oxygens (including phenoxy) is 1. The highest BCUT2D eigenvalue weighted by Gasteiger charge is 2.24. The number of benzene rings is 2. The van der Waals surface area contributed by atoms with Crippen LogP contribution in [-0.2, 0) is 4.74 Å². The van der Waals surface area contributed by atoms with E-state index in [1.165, 1.54) is 5.56 Å². The summed E-state index contributed by atoms with van der Waals surface area (Å²) in [5.41, 5.74) is 4.42. The highest BCUT2D eigenvalue weighted by atomic mass is 16.5. The molecule has 4 rings (SSSR count). The van der Waals surface area contributed by atoms with E-state index in [0.717, 1.165) is 16.9 Å². The van der Waals surface area contributed by atoms with E-state index in [1.54, 1.807) is 4.68 Å². The van der Waals surface area contributed by atoms with Gasteiger partial charge in [0, 0.05) is 18.7 Å². The Balaban J connectivity index is 1.78. The number of rotatable bonds is 3. The van der Waals surface area contributed by atoms with Crippen LogP contribution >= 0.6 is 0 Å². The molecule has 0 radical (unpaired) electrons. The van der Waals surface area contributed by atoms with Gasteiger partial charge in [-0.15, -0.1) is 0 Å². The maximum Gasteiger partial charge on any atom is 0.272 e. The molecule has 1 aromatic heterocycles. The van der Waals surface area contributed by atoms with Crippen LogP contribution in [0.15, 0.2) is 60.7 Å². The summed E-state index contributed by atoms with van der Waals surface area (Å²) in [5.74, 6) is -0.0106. The first-order valence-corrected chi connectivity index (χ1v) is 8.82. The first kappa shape index (κ1) is 16.5. The van der Waals surface area contributed by atoms with E-state index in [4.69, 9.17) is 9.84 Å². The van der Waals surface area contributed by atoms with E-state index >= 15 is 0 Å². The molecule has 2 heterocycles. The van der Waals surface area contributed by atoms with E-state index < -0.39 is 0 Å². The van der Waals surface area contributed by atoms with Crippen molar-refractivity contribution < 1.29 is 9.53 Å². The van der Waals surface area contributed by atoms with Crippen molar-refractivity contribution in [3.63, 3.8) is 0 Å². The molecule has 5 nitrogen and oxygen atoms in total. The molecule has 0 bridgehead atoms. The van der Waals surface area contributed by atoms with Gasteiger partial charge < -0.3 is 9.64 Å². The van der Waals surface area contributed by atoms with E-state index in [0.29, 0.717) is 32.0 Å². The number of carbonyl (C=O) groups is 1. The number of nitrogens with zero attached hydrogens (tertiary/aromatic N) is 3. The van der Waals surface area contributed by atoms with Crippen LogP contribution in [0, 0.1) is 6.92 Å². The second kappa shape index (κ2) is 7.14. The van der Waals surface area contributed by atoms with Crippen molar-refractivity contribution in [1.29, 1.82) is 0 Å². The van der Waals surface area contributed by atoms with Crippen molar-refractivity contribution in [3.05, 3.63) is 71.9 Å². The predicted molar refractivity (Wildman–Crippen MR) is 100 cm³/mol. The minimum absolute atomic E-state index is 0.0106. The molecule has 2 aromatic carbocycles. The SMILES string of the molecule is Cc1ccc(-n2nc(-c3ccccc3)cc2C(=O)N2CCOCC2)cc1. The number of hydrogen-bond acceptors (Lipinski definition) is 3. The molecule has 0 N–H and O–H groups in total. The molecule has 1 fully saturated rings. The molecule has 0 saturated carbocycles. The quantitative estimate of drug-likeness (QED) is 0.730. The van der Waals surface area contributed by atoms with Gasteiger partial charge >= 0.3 is 0 Å². The lowest BCUT2D eigenvalue weighted by Gasteiger charge is -2.26. The van der Waals surface area contributed by atoms with Gasteiger partial charge in [0.15, 0.2) is 0 Å². The van der Waals surface area contributed by atoms with E-state index in [-0.39, 0.29) is 5.91 Å². The fourth-order valence-electron chi connectivity index (χ4n) is 3.09. The number of morpholine rings is 1. The number of aromatic nitrogens is 2. The van der Waals surface area contributed by atoms with Gasteiger partial charge in [-0.3, -0.25) is 4.79 Å². The summed E-state index contributed by atoms with van der Waals surface area (Å²) < 4.78 is 7.12. The molecule has 132 valence electrons. The Bertz CT molecular complexity index is 895. The lowest BCUT2D eigenvalue weighted by molar-refractivity contribution is 0.0297. The van der Waals surface area contributed by atoms with Crippen LogP contribution in [0.5, 0.6) is 0 Å². The van der Waals surface area contributed by atoms with E-state index in [2.05, 4.69) is 0 Å². The topological polar surface area (TPSA) is 47.4 Å². The maximum absolute atomic E-state index is 13.1. The fraction of sp³-hybridized carbons (Fsp3) is 0.238. The second-order valence-electron chi connectivity index (χ2n) is 6.43. The fourth-order valence-corrected chi connectivity index (χ4v) is 3.09. The molecular weight excluding hydrogens is 326 g/mol. The maximum atomic E-state index is 13.1. The van der Waals surface area contributed by atoms with Crippen molar-refractivity contribution in [2.45, 2.75) is 6.92 Å². The standard InChI is InChI=1S/C21H21N3O2/c1-16-7-9-18(10-8-16)24-20(21(25)23-11-13-26-14-12-23)15-19(22-24)17-5-3-2-4-6-17/h2-10,15H,11-14H2,1H3. The number of aryl methyl sites for hydroxylation is 1. The van der Waals surface area contributed by atoms with Gasteiger partial charge in [-0.05, 0) is 25.1 Å². The average Bonchev–Trinajstić information content (AvgIpc) is 3.15. The summed E-state index contributed by atoms with van der Waals surface area (Å²) in [7, 11) is 0. The lowest BCUT2D eigenvalue weighted by atomic mass is 10.1. The molecule has 0 aliphatic carbocycles. The Morgan fingerprint density at radius 2 is 1.69 bits per heavy atom. The minimum Gasteiger partial charge on any atom is -0.378 e. The summed E-state index contributed by atoms with van der Waals surface area (Å²) in [6.45, 7) is 4.42. The highest BCUT2D eigenvalue weighted by Crippen LogP contribution is 2.23. The van der Waals surface area contributed by atoms with Crippen LogP contribution in [0.3, 0.4) is 0 Å². The summed E-state index contributed by atoms with van der Waals surface area (Å²) >= 11 is 0. The number of amides is 1. The van der Waals surface area contributed by atoms with Crippen molar-refractivity contribution in [2.24, 2.45) is 0 Å². The van der Waals surface area contributed by atoms with Crippen LogP contribution in [0.1, 0.15) is 16.1 Å². The zero-order valence-corrected chi connectivity index (χ0v) is 14.8. The van der Waals surface area contributed by atoms with Crippen molar-refractivity contribution in [2.75, 3.05) is 26.3 Å². The molecule has 0 unspecified atom stereocenters. The van der Waals surface area contributed by atoms with Crippen molar-refractivity contribution in [1.82, 2.24) is 14.7 Å². The normalized spacial score (nSPS) is 14.4.